The SMILES string of the molecule is CCC=C(C(=O)O)c1cnn(N)n1. The first-order valence-electron chi connectivity index (χ1n) is 3.76. The van der Waals surface area contributed by atoms with Crippen molar-refractivity contribution in [3.8, 4) is 0 Å². The summed E-state index contributed by atoms with van der Waals surface area (Å²) in [6.45, 7) is 1.84. The molecular weight excluding hydrogens is 172 g/mol. The molecule has 0 radical (unpaired) electrons. The van der Waals surface area contributed by atoms with Gasteiger partial charge in [0.05, 0.1) is 11.8 Å². The maximum absolute atomic E-state index is 10.7. The van der Waals surface area contributed by atoms with Crippen molar-refractivity contribution in [2.45, 2.75) is 13.3 Å². The number of rotatable bonds is 3. The van der Waals surface area contributed by atoms with E-state index in [1.54, 1.807) is 6.08 Å². The lowest BCUT2D eigenvalue weighted by molar-refractivity contribution is -0.130. The van der Waals surface area contributed by atoms with E-state index in [1.165, 1.54) is 6.20 Å². The lowest BCUT2D eigenvalue weighted by atomic mass is 10.2. The molecule has 1 heterocycles. The van der Waals surface area contributed by atoms with Gasteiger partial charge in [-0.2, -0.15) is 0 Å². The van der Waals surface area contributed by atoms with Crippen LogP contribution in [0.4, 0.5) is 0 Å². The number of carbonyl (C=O) groups is 1. The van der Waals surface area contributed by atoms with Crippen molar-refractivity contribution in [3.05, 3.63) is 18.0 Å². The summed E-state index contributed by atoms with van der Waals surface area (Å²) >= 11 is 0. The largest absolute Gasteiger partial charge is 0.478 e. The summed E-state index contributed by atoms with van der Waals surface area (Å²) in [7, 11) is 0. The van der Waals surface area contributed by atoms with Crippen molar-refractivity contribution in [2.24, 2.45) is 0 Å². The summed E-state index contributed by atoms with van der Waals surface area (Å²) in [6.07, 6.45) is 3.50. The van der Waals surface area contributed by atoms with Crippen molar-refractivity contribution in [3.63, 3.8) is 0 Å². The molecule has 0 aliphatic rings. The van der Waals surface area contributed by atoms with Crippen molar-refractivity contribution in [2.75, 3.05) is 5.84 Å². The van der Waals surface area contributed by atoms with Crippen LogP contribution in [0.2, 0.25) is 0 Å². The van der Waals surface area contributed by atoms with E-state index in [4.69, 9.17) is 10.9 Å². The van der Waals surface area contributed by atoms with Crippen LogP contribution in [0.25, 0.3) is 5.57 Å². The Morgan fingerprint density at radius 3 is 2.92 bits per heavy atom. The second-order valence-electron chi connectivity index (χ2n) is 2.38. The molecule has 0 unspecified atom stereocenters. The lowest BCUT2D eigenvalue weighted by Gasteiger charge is -1.94. The van der Waals surface area contributed by atoms with Crippen molar-refractivity contribution in [1.29, 1.82) is 0 Å². The van der Waals surface area contributed by atoms with Crippen LogP contribution < -0.4 is 5.84 Å². The van der Waals surface area contributed by atoms with Crippen LogP contribution in [0.3, 0.4) is 0 Å². The Morgan fingerprint density at radius 1 is 1.85 bits per heavy atom. The second kappa shape index (κ2) is 3.70. The van der Waals surface area contributed by atoms with Gasteiger partial charge >= 0.3 is 5.97 Å². The zero-order chi connectivity index (χ0) is 9.84. The highest BCUT2D eigenvalue weighted by molar-refractivity contribution is 6.14. The van der Waals surface area contributed by atoms with E-state index in [1.807, 2.05) is 6.92 Å². The normalized spacial score (nSPS) is 11.6. The first-order valence-corrected chi connectivity index (χ1v) is 3.76. The Kier molecular flexibility index (Phi) is 2.63. The molecule has 0 aliphatic carbocycles. The summed E-state index contributed by atoms with van der Waals surface area (Å²) in [4.78, 5) is 11.5. The number of carboxylic acids is 1. The smallest absolute Gasteiger partial charge is 0.337 e. The summed E-state index contributed by atoms with van der Waals surface area (Å²) in [5.41, 5.74) is 0.399. The topological polar surface area (TPSA) is 94.0 Å². The number of nitrogens with two attached hydrogens (primary N) is 1. The third kappa shape index (κ3) is 2.05. The first kappa shape index (κ1) is 9.24. The standard InChI is InChI=1S/C7H10N4O2/c1-2-3-5(7(12)13)6-4-9-11(8)10-6/h3-4H,2,8H2,1H3,(H,12,13). The van der Waals surface area contributed by atoms with E-state index in [0.717, 1.165) is 4.91 Å². The number of aromatic nitrogens is 3. The van der Waals surface area contributed by atoms with Gasteiger partial charge in [-0.3, -0.25) is 0 Å². The summed E-state index contributed by atoms with van der Waals surface area (Å²) in [6, 6.07) is 0. The first-order chi connectivity index (χ1) is 6.15. The molecule has 1 aromatic rings. The summed E-state index contributed by atoms with van der Waals surface area (Å²) in [5.74, 6) is 4.16. The van der Waals surface area contributed by atoms with Crippen LogP contribution in [-0.2, 0) is 4.79 Å². The number of nitrogen functional groups attached to an aromatic ring is 1. The summed E-state index contributed by atoms with van der Waals surface area (Å²) in [5, 5.41) is 16.0. The van der Waals surface area contributed by atoms with Crippen LogP contribution in [0.15, 0.2) is 12.3 Å². The Labute approximate surface area is 74.6 Å². The third-order valence-corrected chi connectivity index (χ3v) is 1.42. The molecule has 3 N–H and O–H groups in total. The molecule has 1 rings (SSSR count). The van der Waals surface area contributed by atoms with Crippen molar-refractivity contribution in [1.82, 2.24) is 15.1 Å². The van der Waals surface area contributed by atoms with Crippen LogP contribution in [0.1, 0.15) is 19.0 Å². The number of carboxylic acid groups (broad SMARTS) is 1. The van der Waals surface area contributed by atoms with Crippen molar-refractivity contribution < 1.29 is 9.90 Å². The Morgan fingerprint density at radius 2 is 2.54 bits per heavy atom. The molecule has 0 saturated heterocycles. The van der Waals surface area contributed by atoms with Gasteiger partial charge in [0, 0.05) is 0 Å². The van der Waals surface area contributed by atoms with Gasteiger partial charge in [-0.15, -0.1) is 10.2 Å². The number of hydrogen-bond acceptors (Lipinski definition) is 4. The zero-order valence-electron chi connectivity index (χ0n) is 7.14. The number of hydrogen-bond donors (Lipinski definition) is 2. The minimum absolute atomic E-state index is 0.124. The Bertz CT molecular complexity index is 342. The fourth-order valence-corrected chi connectivity index (χ4v) is 0.905. The number of allylic oxidation sites excluding steroid dienone is 1. The predicted octanol–water partition coefficient (Wildman–Crippen LogP) is -0.130. The molecule has 70 valence electrons. The molecule has 0 bridgehead atoms. The number of nitrogens with zero attached hydrogens (tertiary/aromatic N) is 3. The monoisotopic (exact) mass is 182 g/mol. The van der Waals surface area contributed by atoms with Gasteiger partial charge in [0.15, 0.2) is 0 Å². The summed E-state index contributed by atoms with van der Waals surface area (Å²) < 4.78 is 0. The second-order valence-corrected chi connectivity index (χ2v) is 2.38. The lowest BCUT2D eigenvalue weighted by Crippen LogP contribution is -2.12. The molecule has 0 amide bonds. The highest BCUT2D eigenvalue weighted by atomic mass is 16.4. The molecule has 0 atom stereocenters. The van der Waals surface area contributed by atoms with Crippen molar-refractivity contribution >= 4 is 11.5 Å². The average Bonchev–Trinajstić information content (AvgIpc) is 2.46. The van der Waals surface area contributed by atoms with Gasteiger partial charge in [-0.1, -0.05) is 17.9 Å². The fraction of sp³-hybridized carbons (Fsp3) is 0.286. The predicted molar refractivity (Wildman–Crippen MR) is 46.1 cm³/mol. The molecule has 0 fully saturated rings. The maximum atomic E-state index is 10.7. The van der Waals surface area contributed by atoms with Gasteiger partial charge in [0.2, 0.25) is 0 Å². The molecule has 6 nitrogen and oxygen atoms in total. The van der Waals surface area contributed by atoms with Gasteiger partial charge < -0.3 is 10.9 Å². The molecule has 0 spiro atoms. The maximum Gasteiger partial charge on any atom is 0.337 e. The van der Waals surface area contributed by atoms with E-state index in [-0.39, 0.29) is 11.3 Å². The molecule has 13 heavy (non-hydrogen) atoms. The molecule has 0 saturated carbocycles. The molecular formula is C7H10N4O2. The van der Waals surface area contributed by atoms with E-state index in [0.29, 0.717) is 6.42 Å². The minimum atomic E-state index is -1.03. The quantitative estimate of drug-likeness (QED) is 0.501. The Hall–Kier alpha value is -1.85. The minimum Gasteiger partial charge on any atom is -0.478 e. The average molecular weight is 182 g/mol. The van der Waals surface area contributed by atoms with Crippen LogP contribution in [-0.4, -0.2) is 26.2 Å². The molecule has 6 heteroatoms. The van der Waals surface area contributed by atoms with Crippen LogP contribution in [0.5, 0.6) is 0 Å². The van der Waals surface area contributed by atoms with Gasteiger partial charge in [-0.25, -0.2) is 4.79 Å². The molecule has 0 aliphatic heterocycles. The van der Waals surface area contributed by atoms with Crippen LogP contribution >= 0.6 is 0 Å². The van der Waals surface area contributed by atoms with E-state index < -0.39 is 5.97 Å². The number of aliphatic carboxylic acids is 1. The molecule has 1 aromatic heterocycles. The van der Waals surface area contributed by atoms with Gasteiger partial charge in [0.25, 0.3) is 0 Å². The highest BCUT2D eigenvalue weighted by Gasteiger charge is 2.12. The van der Waals surface area contributed by atoms with E-state index in [9.17, 15) is 4.79 Å². The highest BCUT2D eigenvalue weighted by Crippen LogP contribution is 2.10. The van der Waals surface area contributed by atoms with Crippen LogP contribution in [0, 0.1) is 0 Å². The van der Waals surface area contributed by atoms with Gasteiger partial charge in [-0.05, 0) is 6.42 Å². The Balaban J connectivity index is 3.02. The third-order valence-electron chi connectivity index (χ3n) is 1.42. The van der Waals surface area contributed by atoms with Gasteiger partial charge in [0.1, 0.15) is 5.69 Å². The molecule has 0 aromatic carbocycles. The van der Waals surface area contributed by atoms with E-state index in [2.05, 4.69) is 10.2 Å². The zero-order valence-corrected chi connectivity index (χ0v) is 7.14. The fourth-order valence-electron chi connectivity index (χ4n) is 0.905. The van der Waals surface area contributed by atoms with E-state index >= 15 is 0 Å².